The highest BCUT2D eigenvalue weighted by molar-refractivity contribution is 14.1. The first-order valence-corrected chi connectivity index (χ1v) is 5.18. The van der Waals surface area contributed by atoms with Crippen LogP contribution in [0.15, 0.2) is 0 Å². The van der Waals surface area contributed by atoms with Crippen LogP contribution in [0.2, 0.25) is 0 Å². The molecule has 0 fully saturated rings. The van der Waals surface area contributed by atoms with Gasteiger partial charge in [-0.05, 0) is 13.0 Å². The van der Waals surface area contributed by atoms with Crippen LogP contribution in [0.25, 0.3) is 0 Å². The highest BCUT2D eigenvalue weighted by Gasteiger charge is 2.08. The van der Waals surface area contributed by atoms with Gasteiger partial charge in [0.25, 0.3) is 0 Å². The monoisotopic (exact) mass is 256 g/mol. The Morgan fingerprint density at radius 1 is 1.40 bits per heavy atom. The van der Waals surface area contributed by atoms with E-state index in [1.54, 1.807) is 0 Å². The largest absolute Gasteiger partial charge is 0.308 e. The van der Waals surface area contributed by atoms with Crippen LogP contribution < -0.4 is 10.6 Å². The van der Waals surface area contributed by atoms with Gasteiger partial charge in [-0.1, -0.05) is 36.4 Å². The molecule has 0 saturated carbocycles. The molecule has 0 saturated heterocycles. The number of hydrogen-bond acceptors (Lipinski definition) is 2. The Morgan fingerprint density at radius 2 is 2.00 bits per heavy atom. The van der Waals surface area contributed by atoms with E-state index in [-0.39, 0.29) is 0 Å². The fourth-order valence-electron chi connectivity index (χ4n) is 0.702. The van der Waals surface area contributed by atoms with Gasteiger partial charge in [0.2, 0.25) is 0 Å². The maximum atomic E-state index is 3.40. The van der Waals surface area contributed by atoms with E-state index in [1.165, 1.54) is 4.43 Å². The van der Waals surface area contributed by atoms with Gasteiger partial charge in [0, 0.05) is 17.1 Å². The lowest BCUT2D eigenvalue weighted by Gasteiger charge is -2.19. The Kier molecular flexibility index (Phi) is 6.78. The van der Waals surface area contributed by atoms with Gasteiger partial charge in [0.1, 0.15) is 0 Å². The molecule has 1 atom stereocenters. The third kappa shape index (κ3) is 4.46. The number of alkyl halides is 1. The molecule has 0 aliphatic carbocycles. The molecule has 0 spiro atoms. The molecule has 0 heterocycles. The van der Waals surface area contributed by atoms with Crippen LogP contribution in [0.1, 0.15) is 13.8 Å². The number of halogens is 1. The lowest BCUT2D eigenvalue weighted by Crippen LogP contribution is -2.40. The normalized spacial score (nSPS) is 14.1. The lowest BCUT2D eigenvalue weighted by molar-refractivity contribution is 0.428. The summed E-state index contributed by atoms with van der Waals surface area (Å²) in [6, 6.07) is 0.646. The molecule has 2 nitrogen and oxygen atoms in total. The molecule has 0 aromatic heterocycles. The second-order valence-corrected chi connectivity index (χ2v) is 3.62. The van der Waals surface area contributed by atoms with Crippen molar-refractivity contribution in [2.24, 2.45) is 5.92 Å². The second kappa shape index (κ2) is 6.37. The van der Waals surface area contributed by atoms with Crippen molar-refractivity contribution in [3.8, 4) is 0 Å². The van der Waals surface area contributed by atoms with Gasteiger partial charge >= 0.3 is 0 Å². The van der Waals surface area contributed by atoms with Crippen molar-refractivity contribution in [1.82, 2.24) is 10.6 Å². The summed E-state index contributed by atoms with van der Waals surface area (Å²) in [5, 5.41) is 6.47. The van der Waals surface area contributed by atoms with Crippen molar-refractivity contribution in [2.45, 2.75) is 19.9 Å². The zero-order valence-electron chi connectivity index (χ0n) is 6.95. The van der Waals surface area contributed by atoms with Gasteiger partial charge < -0.3 is 10.6 Å². The third-order valence-corrected chi connectivity index (χ3v) is 2.46. The fraction of sp³-hybridized carbons (Fsp3) is 1.00. The van der Waals surface area contributed by atoms with Crippen LogP contribution in [0.4, 0.5) is 0 Å². The first kappa shape index (κ1) is 10.7. The molecule has 0 radical (unpaired) electrons. The van der Waals surface area contributed by atoms with Gasteiger partial charge in [-0.3, -0.25) is 0 Å². The Balaban J connectivity index is 3.40. The highest BCUT2D eigenvalue weighted by Crippen LogP contribution is 2.03. The summed E-state index contributed by atoms with van der Waals surface area (Å²) in [4.78, 5) is 0. The summed E-state index contributed by atoms with van der Waals surface area (Å²) < 4.78 is 1.18. The Labute approximate surface area is 77.3 Å². The molecule has 0 aliphatic rings. The molecule has 0 aliphatic heterocycles. The third-order valence-electron chi connectivity index (χ3n) is 1.51. The van der Waals surface area contributed by atoms with Crippen molar-refractivity contribution in [2.75, 3.05) is 18.1 Å². The smallest absolute Gasteiger partial charge is 0.0454 e. The molecular formula is C7H17IN2. The highest BCUT2D eigenvalue weighted by atomic mass is 127. The Hall–Kier alpha value is 0.650. The van der Waals surface area contributed by atoms with E-state index in [0.29, 0.717) is 6.04 Å². The Bertz CT molecular complexity index is 76.0. The summed E-state index contributed by atoms with van der Waals surface area (Å²) in [5.41, 5.74) is 0. The quantitative estimate of drug-likeness (QED) is 0.439. The maximum absolute atomic E-state index is 3.40. The topological polar surface area (TPSA) is 24.1 Å². The summed E-state index contributed by atoms with van der Waals surface area (Å²) in [5.74, 6) is 0.727. The average molecular weight is 256 g/mol. The molecule has 2 N–H and O–H groups in total. The SMILES string of the molecule is CNCNC(CI)C(C)C. The standard InChI is InChI=1S/C7H17IN2/c1-6(2)7(4-8)10-5-9-3/h6-7,9-10H,4-5H2,1-3H3. The van der Waals surface area contributed by atoms with Crippen molar-refractivity contribution >= 4 is 22.6 Å². The molecule has 62 valence electrons. The van der Waals surface area contributed by atoms with E-state index in [4.69, 9.17) is 0 Å². The average Bonchev–Trinajstić information content (AvgIpc) is 1.89. The molecule has 3 heteroatoms. The minimum Gasteiger partial charge on any atom is -0.308 e. The Morgan fingerprint density at radius 3 is 2.30 bits per heavy atom. The van der Waals surface area contributed by atoms with Gasteiger partial charge in [-0.2, -0.15) is 0 Å². The van der Waals surface area contributed by atoms with Gasteiger partial charge in [-0.15, -0.1) is 0 Å². The van der Waals surface area contributed by atoms with Crippen LogP contribution in [0, 0.1) is 5.92 Å². The van der Waals surface area contributed by atoms with E-state index in [2.05, 4.69) is 47.1 Å². The minimum absolute atomic E-state index is 0.646. The van der Waals surface area contributed by atoms with E-state index in [9.17, 15) is 0 Å². The van der Waals surface area contributed by atoms with Crippen molar-refractivity contribution in [3.05, 3.63) is 0 Å². The zero-order chi connectivity index (χ0) is 7.98. The molecule has 0 bridgehead atoms. The lowest BCUT2D eigenvalue weighted by atomic mass is 10.1. The van der Waals surface area contributed by atoms with Crippen molar-refractivity contribution in [3.63, 3.8) is 0 Å². The van der Waals surface area contributed by atoms with Crippen LogP contribution in [-0.4, -0.2) is 24.2 Å². The molecule has 1 unspecified atom stereocenters. The number of rotatable bonds is 5. The first-order valence-electron chi connectivity index (χ1n) is 3.66. The van der Waals surface area contributed by atoms with Crippen LogP contribution >= 0.6 is 22.6 Å². The van der Waals surface area contributed by atoms with E-state index in [1.807, 2.05) is 7.05 Å². The van der Waals surface area contributed by atoms with E-state index in [0.717, 1.165) is 12.6 Å². The second-order valence-electron chi connectivity index (χ2n) is 2.74. The van der Waals surface area contributed by atoms with Crippen LogP contribution in [-0.2, 0) is 0 Å². The fourth-order valence-corrected chi connectivity index (χ4v) is 2.03. The van der Waals surface area contributed by atoms with Gasteiger partial charge in [-0.25, -0.2) is 0 Å². The van der Waals surface area contributed by atoms with Gasteiger partial charge in [0.05, 0.1) is 0 Å². The summed E-state index contributed by atoms with van der Waals surface area (Å²) in [6.07, 6.45) is 0. The minimum atomic E-state index is 0.646. The van der Waals surface area contributed by atoms with E-state index < -0.39 is 0 Å². The molecule has 0 amide bonds. The van der Waals surface area contributed by atoms with Crippen molar-refractivity contribution in [1.29, 1.82) is 0 Å². The number of nitrogens with one attached hydrogen (secondary N) is 2. The summed E-state index contributed by atoms with van der Waals surface area (Å²) in [7, 11) is 1.96. The van der Waals surface area contributed by atoms with Gasteiger partial charge in [0.15, 0.2) is 0 Å². The zero-order valence-corrected chi connectivity index (χ0v) is 9.10. The molecule has 10 heavy (non-hydrogen) atoms. The summed E-state index contributed by atoms with van der Waals surface area (Å²) in [6.45, 7) is 5.39. The summed E-state index contributed by atoms with van der Waals surface area (Å²) >= 11 is 2.41. The van der Waals surface area contributed by atoms with Crippen molar-refractivity contribution < 1.29 is 0 Å². The van der Waals surface area contributed by atoms with Crippen LogP contribution in [0.5, 0.6) is 0 Å². The number of hydrogen-bond donors (Lipinski definition) is 2. The molecule has 0 rings (SSSR count). The molecule has 0 aromatic rings. The molecule has 0 aromatic carbocycles. The van der Waals surface area contributed by atoms with Crippen LogP contribution in [0.3, 0.4) is 0 Å². The molecular weight excluding hydrogens is 239 g/mol. The first-order chi connectivity index (χ1) is 4.72. The van der Waals surface area contributed by atoms with E-state index >= 15 is 0 Å². The predicted molar refractivity (Wildman–Crippen MR) is 54.6 cm³/mol. The maximum Gasteiger partial charge on any atom is 0.0454 e. The predicted octanol–water partition coefficient (Wildman–Crippen LogP) is 1.21.